The van der Waals surface area contributed by atoms with Gasteiger partial charge < -0.3 is 10.1 Å². The Bertz CT molecular complexity index is 1210. The van der Waals surface area contributed by atoms with Crippen molar-refractivity contribution in [3.63, 3.8) is 0 Å². The van der Waals surface area contributed by atoms with Crippen LogP contribution < -0.4 is 14.4 Å². The van der Waals surface area contributed by atoms with Crippen LogP contribution in [0.25, 0.3) is 0 Å². The summed E-state index contributed by atoms with van der Waals surface area (Å²) in [6.45, 7) is 2.97. The zero-order valence-corrected chi connectivity index (χ0v) is 16.9. The van der Waals surface area contributed by atoms with Crippen molar-refractivity contribution in [2.24, 2.45) is 0 Å². The van der Waals surface area contributed by atoms with Gasteiger partial charge in [0.05, 0.1) is 4.90 Å². The summed E-state index contributed by atoms with van der Waals surface area (Å²) in [6.07, 6.45) is 1.62. The van der Waals surface area contributed by atoms with E-state index in [0.29, 0.717) is 21.4 Å². The summed E-state index contributed by atoms with van der Waals surface area (Å²) < 4.78 is 32.0. The molecule has 0 saturated carbocycles. The van der Waals surface area contributed by atoms with Crippen molar-refractivity contribution in [1.29, 1.82) is 5.26 Å². The van der Waals surface area contributed by atoms with Gasteiger partial charge in [0, 0.05) is 24.4 Å². The molecule has 1 heterocycles. The van der Waals surface area contributed by atoms with Crippen LogP contribution in [0.1, 0.15) is 12.6 Å². The summed E-state index contributed by atoms with van der Waals surface area (Å²) in [7, 11) is -4.28. The summed E-state index contributed by atoms with van der Waals surface area (Å²) in [4.78, 5) is 19.1. The molecule has 3 aromatic rings. The third-order valence-electron chi connectivity index (χ3n) is 3.77. The summed E-state index contributed by atoms with van der Waals surface area (Å²) in [5.41, 5.74) is 0.845. The average molecular weight is 423 g/mol. The molecule has 152 valence electrons. The van der Waals surface area contributed by atoms with Crippen LogP contribution in [0.15, 0.2) is 65.6 Å². The molecule has 0 fully saturated rings. The van der Waals surface area contributed by atoms with Crippen LogP contribution in [0.5, 0.6) is 11.6 Å². The predicted octanol–water partition coefficient (Wildman–Crippen LogP) is 3.21. The van der Waals surface area contributed by atoms with Gasteiger partial charge in [-0.15, -0.1) is 4.31 Å². The lowest BCUT2D eigenvalue weighted by Gasteiger charge is -2.16. The molecule has 10 heteroatoms. The molecular formula is C20H17N5O4S. The molecule has 30 heavy (non-hydrogen) atoms. The van der Waals surface area contributed by atoms with Gasteiger partial charge in [-0.2, -0.15) is 18.7 Å². The standard InChI is InChI=1S/C20H17N5O4S/c1-14-12-19(29-17-6-4-3-5-7-17)24-20(22-14)25(13-21)30(27,28)18-10-8-16(9-11-18)23-15(2)26/h3-12H,1-2H3,(H,23,26). The first-order chi connectivity index (χ1) is 14.3. The molecule has 0 saturated heterocycles. The van der Waals surface area contributed by atoms with E-state index >= 15 is 0 Å². The molecule has 1 aromatic heterocycles. The number of sulfonamides is 1. The first-order valence-electron chi connectivity index (χ1n) is 8.71. The fraction of sp³-hybridized carbons (Fsp3) is 0.100. The summed E-state index contributed by atoms with van der Waals surface area (Å²) in [5.74, 6) is -0.0284. The van der Waals surface area contributed by atoms with E-state index in [1.807, 2.05) is 6.07 Å². The number of carbonyl (C=O) groups is 1. The van der Waals surface area contributed by atoms with E-state index in [1.54, 1.807) is 37.4 Å². The van der Waals surface area contributed by atoms with Crippen molar-refractivity contribution < 1.29 is 17.9 Å². The van der Waals surface area contributed by atoms with E-state index in [2.05, 4.69) is 15.3 Å². The van der Waals surface area contributed by atoms with Crippen molar-refractivity contribution in [3.8, 4) is 17.8 Å². The zero-order valence-electron chi connectivity index (χ0n) is 16.1. The van der Waals surface area contributed by atoms with E-state index in [4.69, 9.17) is 4.74 Å². The molecule has 0 atom stereocenters. The number of ether oxygens (including phenoxy) is 1. The van der Waals surface area contributed by atoms with Crippen LogP contribution in [0.3, 0.4) is 0 Å². The van der Waals surface area contributed by atoms with Crippen LogP contribution in [0.4, 0.5) is 11.6 Å². The number of benzene rings is 2. The molecule has 2 aromatic carbocycles. The van der Waals surface area contributed by atoms with Gasteiger partial charge in [-0.05, 0) is 43.3 Å². The minimum absolute atomic E-state index is 0.0974. The second-order valence-corrected chi connectivity index (χ2v) is 7.92. The summed E-state index contributed by atoms with van der Waals surface area (Å²) in [5, 5.41) is 12.1. The SMILES string of the molecule is CC(=O)Nc1ccc(S(=O)(=O)N(C#N)c2nc(C)cc(Oc3ccccc3)n2)cc1. The number of carbonyl (C=O) groups excluding carboxylic acids is 1. The second-order valence-electron chi connectivity index (χ2n) is 6.14. The monoisotopic (exact) mass is 423 g/mol. The number of nitrogens with zero attached hydrogens (tertiary/aromatic N) is 4. The number of nitrogens with one attached hydrogen (secondary N) is 1. The smallest absolute Gasteiger partial charge is 0.279 e. The molecule has 1 amide bonds. The van der Waals surface area contributed by atoms with Gasteiger partial charge in [0.1, 0.15) is 5.75 Å². The third-order valence-corrected chi connectivity index (χ3v) is 5.36. The van der Waals surface area contributed by atoms with Crippen LogP contribution >= 0.6 is 0 Å². The van der Waals surface area contributed by atoms with Gasteiger partial charge in [-0.3, -0.25) is 4.79 Å². The largest absolute Gasteiger partial charge is 0.439 e. The Kier molecular flexibility index (Phi) is 5.94. The normalized spacial score (nSPS) is 10.7. The Morgan fingerprint density at radius 3 is 2.37 bits per heavy atom. The number of hydrogen-bond donors (Lipinski definition) is 1. The quantitative estimate of drug-likeness (QED) is 0.476. The highest BCUT2D eigenvalue weighted by Crippen LogP contribution is 2.25. The first kappa shape index (κ1) is 20.8. The van der Waals surface area contributed by atoms with Gasteiger partial charge >= 0.3 is 0 Å². The molecule has 0 unspecified atom stereocenters. The van der Waals surface area contributed by atoms with Gasteiger partial charge in [0.25, 0.3) is 16.0 Å². The van der Waals surface area contributed by atoms with E-state index < -0.39 is 10.0 Å². The van der Waals surface area contributed by atoms with Crippen LogP contribution in [-0.2, 0) is 14.8 Å². The Labute approximate surface area is 173 Å². The zero-order chi connectivity index (χ0) is 21.7. The summed E-state index contributed by atoms with van der Waals surface area (Å²) >= 11 is 0. The Hall–Kier alpha value is -3.97. The first-order valence-corrected chi connectivity index (χ1v) is 10.1. The van der Waals surface area contributed by atoms with Crippen molar-refractivity contribution in [3.05, 3.63) is 66.4 Å². The fourth-order valence-electron chi connectivity index (χ4n) is 2.50. The molecule has 0 radical (unpaired) electrons. The van der Waals surface area contributed by atoms with Gasteiger partial charge in [-0.1, -0.05) is 18.2 Å². The van der Waals surface area contributed by atoms with Crippen molar-refractivity contribution in [1.82, 2.24) is 9.97 Å². The van der Waals surface area contributed by atoms with E-state index in [-0.39, 0.29) is 22.6 Å². The van der Waals surface area contributed by atoms with Gasteiger partial charge in [-0.25, -0.2) is 4.98 Å². The molecule has 0 aliphatic rings. The Morgan fingerprint density at radius 2 is 1.77 bits per heavy atom. The Morgan fingerprint density at radius 1 is 1.10 bits per heavy atom. The number of nitriles is 1. The van der Waals surface area contributed by atoms with Crippen molar-refractivity contribution >= 4 is 27.6 Å². The van der Waals surface area contributed by atoms with Crippen LogP contribution in [0, 0.1) is 18.4 Å². The highest BCUT2D eigenvalue weighted by molar-refractivity contribution is 7.93. The predicted molar refractivity (Wildman–Crippen MR) is 109 cm³/mol. The molecule has 0 aliphatic heterocycles. The number of hydrogen-bond acceptors (Lipinski definition) is 7. The highest BCUT2D eigenvalue weighted by atomic mass is 32.2. The average Bonchev–Trinajstić information content (AvgIpc) is 2.68. The van der Waals surface area contributed by atoms with E-state index in [0.717, 1.165) is 0 Å². The molecule has 1 N–H and O–H groups in total. The highest BCUT2D eigenvalue weighted by Gasteiger charge is 2.28. The van der Waals surface area contributed by atoms with Gasteiger partial charge in [0.15, 0.2) is 0 Å². The topological polar surface area (TPSA) is 125 Å². The minimum atomic E-state index is -4.28. The minimum Gasteiger partial charge on any atom is -0.439 e. The maximum Gasteiger partial charge on any atom is 0.279 e. The third kappa shape index (κ3) is 4.71. The molecule has 3 rings (SSSR count). The molecule has 0 aliphatic carbocycles. The molecular weight excluding hydrogens is 406 g/mol. The molecule has 0 spiro atoms. The summed E-state index contributed by atoms with van der Waals surface area (Å²) in [6, 6.07) is 15.7. The number of rotatable bonds is 6. The number of aromatic nitrogens is 2. The number of para-hydroxylation sites is 1. The van der Waals surface area contributed by atoms with Crippen molar-refractivity contribution in [2.75, 3.05) is 9.62 Å². The lowest BCUT2D eigenvalue weighted by atomic mass is 10.3. The van der Waals surface area contributed by atoms with Crippen LogP contribution in [0.2, 0.25) is 0 Å². The number of amides is 1. The van der Waals surface area contributed by atoms with E-state index in [9.17, 15) is 18.5 Å². The van der Waals surface area contributed by atoms with Crippen molar-refractivity contribution in [2.45, 2.75) is 18.7 Å². The number of anilines is 2. The van der Waals surface area contributed by atoms with Crippen LogP contribution in [-0.4, -0.2) is 24.3 Å². The maximum atomic E-state index is 13.0. The lowest BCUT2D eigenvalue weighted by molar-refractivity contribution is -0.114. The fourth-order valence-corrected chi connectivity index (χ4v) is 3.60. The van der Waals surface area contributed by atoms with Gasteiger partial charge in [0.2, 0.25) is 18.0 Å². The second kappa shape index (κ2) is 8.59. The molecule has 0 bridgehead atoms. The maximum absolute atomic E-state index is 13.0. The Balaban J connectivity index is 1.94. The molecule has 9 nitrogen and oxygen atoms in total. The van der Waals surface area contributed by atoms with E-state index in [1.165, 1.54) is 37.3 Å². The number of aryl methyl sites for hydroxylation is 1. The lowest BCUT2D eigenvalue weighted by Crippen LogP contribution is -2.28.